The zero-order chi connectivity index (χ0) is 21.4. The summed E-state index contributed by atoms with van der Waals surface area (Å²) in [6.07, 6.45) is 1.91. The van der Waals surface area contributed by atoms with Crippen molar-refractivity contribution in [2.75, 3.05) is 19.0 Å². The SMILES string of the molecule is COC(=O)Nc1ccc2c(c1)OCCc1cc(-c3nncn3-c3ccccc3Cl)sc1-2. The van der Waals surface area contributed by atoms with Crippen molar-refractivity contribution >= 4 is 34.7 Å². The van der Waals surface area contributed by atoms with E-state index in [0.717, 1.165) is 33.3 Å². The first-order chi connectivity index (χ1) is 15.1. The van der Waals surface area contributed by atoms with Gasteiger partial charge in [-0.05, 0) is 35.9 Å². The van der Waals surface area contributed by atoms with Crippen LogP contribution in [0.15, 0.2) is 54.9 Å². The van der Waals surface area contributed by atoms with Crippen LogP contribution in [-0.2, 0) is 11.2 Å². The molecule has 1 N–H and O–H groups in total. The normalized spacial score (nSPS) is 12.3. The summed E-state index contributed by atoms with van der Waals surface area (Å²) >= 11 is 8.03. The van der Waals surface area contributed by atoms with Crippen molar-refractivity contribution in [1.82, 2.24) is 14.8 Å². The molecule has 1 aliphatic rings. The van der Waals surface area contributed by atoms with Crippen molar-refractivity contribution in [3.8, 4) is 32.6 Å². The quantitative estimate of drug-likeness (QED) is 0.448. The first-order valence-corrected chi connectivity index (χ1v) is 10.7. The highest BCUT2D eigenvalue weighted by atomic mass is 35.5. The molecule has 0 radical (unpaired) electrons. The largest absolute Gasteiger partial charge is 0.492 e. The number of methoxy groups -OCH3 is 1. The monoisotopic (exact) mass is 452 g/mol. The Labute approximate surface area is 187 Å². The summed E-state index contributed by atoms with van der Waals surface area (Å²) in [6, 6.07) is 15.3. The van der Waals surface area contributed by atoms with Gasteiger partial charge in [0, 0.05) is 28.6 Å². The molecule has 0 saturated heterocycles. The molecule has 2 aromatic carbocycles. The number of amides is 1. The fraction of sp³-hybridized carbons (Fsp3) is 0.136. The molecule has 2 aromatic heterocycles. The van der Waals surface area contributed by atoms with E-state index in [1.165, 1.54) is 12.7 Å². The van der Waals surface area contributed by atoms with E-state index in [1.54, 1.807) is 17.7 Å². The zero-order valence-electron chi connectivity index (χ0n) is 16.5. The topological polar surface area (TPSA) is 78.3 Å². The van der Waals surface area contributed by atoms with Gasteiger partial charge in [-0.25, -0.2) is 4.79 Å². The van der Waals surface area contributed by atoms with E-state index in [4.69, 9.17) is 16.3 Å². The van der Waals surface area contributed by atoms with Crippen molar-refractivity contribution in [2.24, 2.45) is 0 Å². The average molecular weight is 453 g/mol. The van der Waals surface area contributed by atoms with Crippen LogP contribution in [0.4, 0.5) is 10.5 Å². The number of carbonyl (C=O) groups excluding carboxylic acids is 1. The second-order valence-corrected chi connectivity index (χ2v) is 8.33. The van der Waals surface area contributed by atoms with Crippen molar-refractivity contribution in [3.05, 3.63) is 65.4 Å². The highest BCUT2D eigenvalue weighted by Gasteiger charge is 2.22. The van der Waals surface area contributed by atoms with Gasteiger partial charge in [0.2, 0.25) is 0 Å². The van der Waals surface area contributed by atoms with Crippen LogP contribution in [0.3, 0.4) is 0 Å². The van der Waals surface area contributed by atoms with E-state index in [-0.39, 0.29) is 0 Å². The van der Waals surface area contributed by atoms with E-state index in [9.17, 15) is 4.79 Å². The number of nitrogens with zero attached hydrogens (tertiary/aromatic N) is 3. The van der Waals surface area contributed by atoms with Crippen molar-refractivity contribution in [3.63, 3.8) is 0 Å². The highest BCUT2D eigenvalue weighted by Crippen LogP contribution is 2.44. The molecule has 5 rings (SSSR count). The van der Waals surface area contributed by atoms with E-state index in [2.05, 4.69) is 26.3 Å². The Bertz CT molecular complexity index is 1280. The smallest absolute Gasteiger partial charge is 0.411 e. The Morgan fingerprint density at radius 3 is 2.97 bits per heavy atom. The molecule has 0 spiro atoms. The highest BCUT2D eigenvalue weighted by molar-refractivity contribution is 7.19. The number of fused-ring (bicyclic) bond motifs is 3. The van der Waals surface area contributed by atoms with Gasteiger partial charge < -0.3 is 9.47 Å². The van der Waals surface area contributed by atoms with Crippen LogP contribution < -0.4 is 10.1 Å². The van der Waals surface area contributed by atoms with Crippen LogP contribution in [0.1, 0.15) is 5.56 Å². The maximum absolute atomic E-state index is 11.5. The molecule has 0 aliphatic carbocycles. The maximum atomic E-state index is 11.5. The van der Waals surface area contributed by atoms with E-state index < -0.39 is 6.09 Å². The Morgan fingerprint density at radius 1 is 1.26 bits per heavy atom. The van der Waals surface area contributed by atoms with Gasteiger partial charge in [-0.1, -0.05) is 23.7 Å². The standard InChI is InChI=1S/C22H17ClN4O3S/c1-29-22(28)25-14-6-7-15-18(11-14)30-9-8-13-10-19(31-20(13)15)21-26-24-12-27(21)17-5-3-2-4-16(17)23/h2-7,10-12H,8-9H2,1H3,(H,25,28). The molecule has 156 valence electrons. The van der Waals surface area contributed by atoms with Crippen LogP contribution in [-0.4, -0.2) is 34.6 Å². The third-order valence-electron chi connectivity index (χ3n) is 4.98. The minimum absolute atomic E-state index is 0.522. The fourth-order valence-electron chi connectivity index (χ4n) is 3.53. The molecular formula is C22H17ClN4O3S. The van der Waals surface area contributed by atoms with E-state index in [0.29, 0.717) is 23.1 Å². The third-order valence-corrected chi connectivity index (χ3v) is 6.50. The number of rotatable bonds is 3. The average Bonchev–Trinajstić information content (AvgIpc) is 3.38. The van der Waals surface area contributed by atoms with Gasteiger partial charge in [0.15, 0.2) is 5.82 Å². The fourth-order valence-corrected chi connectivity index (χ4v) is 4.97. The van der Waals surface area contributed by atoms with Crippen LogP contribution in [0.25, 0.3) is 26.8 Å². The predicted molar refractivity (Wildman–Crippen MR) is 120 cm³/mol. The Hall–Kier alpha value is -3.36. The van der Waals surface area contributed by atoms with Gasteiger partial charge in [0.25, 0.3) is 0 Å². The second-order valence-electron chi connectivity index (χ2n) is 6.87. The Morgan fingerprint density at radius 2 is 2.13 bits per heavy atom. The second kappa shape index (κ2) is 8.05. The number of thiophene rings is 1. The summed E-state index contributed by atoms with van der Waals surface area (Å²) < 4.78 is 12.5. The zero-order valence-corrected chi connectivity index (χ0v) is 18.0. The summed E-state index contributed by atoms with van der Waals surface area (Å²) in [5.41, 5.74) is 3.60. The first kappa shape index (κ1) is 19.6. The van der Waals surface area contributed by atoms with Crippen molar-refractivity contribution < 1.29 is 14.3 Å². The Balaban J connectivity index is 1.56. The number of anilines is 1. The number of hydrogen-bond donors (Lipinski definition) is 1. The lowest BCUT2D eigenvalue weighted by molar-refractivity contribution is 0.187. The summed E-state index contributed by atoms with van der Waals surface area (Å²) in [4.78, 5) is 13.6. The number of benzene rings is 2. The molecular weight excluding hydrogens is 436 g/mol. The summed E-state index contributed by atoms with van der Waals surface area (Å²) in [5, 5.41) is 11.8. The van der Waals surface area contributed by atoms with E-state index in [1.807, 2.05) is 47.0 Å². The number of nitrogens with one attached hydrogen (secondary N) is 1. The van der Waals surface area contributed by atoms with Crippen LogP contribution >= 0.6 is 22.9 Å². The molecule has 0 fully saturated rings. The van der Waals surface area contributed by atoms with Gasteiger partial charge in [-0.2, -0.15) is 0 Å². The summed E-state index contributed by atoms with van der Waals surface area (Å²) in [6.45, 7) is 0.537. The summed E-state index contributed by atoms with van der Waals surface area (Å²) in [5.74, 6) is 1.45. The minimum Gasteiger partial charge on any atom is -0.492 e. The van der Waals surface area contributed by atoms with Crippen molar-refractivity contribution in [1.29, 1.82) is 0 Å². The number of hydrogen-bond acceptors (Lipinski definition) is 6. The van der Waals surface area contributed by atoms with Gasteiger partial charge in [0.05, 0.1) is 29.3 Å². The predicted octanol–water partition coefficient (Wildman–Crippen LogP) is 5.43. The molecule has 9 heteroatoms. The third kappa shape index (κ3) is 3.64. The molecule has 0 unspecified atom stereocenters. The molecule has 1 aliphatic heterocycles. The molecule has 1 amide bonds. The minimum atomic E-state index is -0.522. The molecule has 3 heterocycles. The van der Waals surface area contributed by atoms with Crippen LogP contribution in [0.5, 0.6) is 5.75 Å². The number of aromatic nitrogens is 3. The molecule has 4 aromatic rings. The maximum Gasteiger partial charge on any atom is 0.411 e. The number of para-hydroxylation sites is 1. The molecule has 0 atom stereocenters. The van der Waals surface area contributed by atoms with Crippen LogP contribution in [0.2, 0.25) is 5.02 Å². The van der Waals surface area contributed by atoms with Gasteiger partial charge in [-0.3, -0.25) is 9.88 Å². The van der Waals surface area contributed by atoms with Crippen LogP contribution in [0, 0.1) is 0 Å². The number of ether oxygens (including phenoxy) is 2. The first-order valence-electron chi connectivity index (χ1n) is 9.54. The molecule has 0 bridgehead atoms. The van der Waals surface area contributed by atoms with Gasteiger partial charge in [0.1, 0.15) is 12.1 Å². The van der Waals surface area contributed by atoms with Gasteiger partial charge >= 0.3 is 6.09 Å². The Kier molecular flexibility index (Phi) is 5.09. The number of carbonyl (C=O) groups is 1. The summed E-state index contributed by atoms with van der Waals surface area (Å²) in [7, 11) is 1.33. The number of halogens is 1. The van der Waals surface area contributed by atoms with Gasteiger partial charge in [-0.15, -0.1) is 21.5 Å². The molecule has 0 saturated carbocycles. The van der Waals surface area contributed by atoms with Crippen molar-refractivity contribution in [2.45, 2.75) is 6.42 Å². The lowest BCUT2D eigenvalue weighted by Gasteiger charge is -2.10. The lowest BCUT2D eigenvalue weighted by Crippen LogP contribution is -2.11. The molecule has 7 nitrogen and oxygen atoms in total. The van der Waals surface area contributed by atoms with E-state index >= 15 is 0 Å². The molecule has 31 heavy (non-hydrogen) atoms. The lowest BCUT2D eigenvalue weighted by atomic mass is 10.1.